The van der Waals surface area contributed by atoms with Crippen LogP contribution in [0.1, 0.15) is 42.9 Å². The molecule has 0 bridgehead atoms. The molecule has 1 spiro atoms. The van der Waals surface area contributed by atoms with Crippen molar-refractivity contribution in [1.82, 2.24) is 4.90 Å². The molecule has 0 aromatic heterocycles. The van der Waals surface area contributed by atoms with Gasteiger partial charge in [-0.1, -0.05) is 30.3 Å². The number of halogens is 1. The average molecular weight is 367 g/mol. The summed E-state index contributed by atoms with van der Waals surface area (Å²) in [6.07, 6.45) is 2.71. The van der Waals surface area contributed by atoms with E-state index in [4.69, 9.17) is 9.47 Å². The van der Waals surface area contributed by atoms with Crippen molar-refractivity contribution < 1.29 is 18.7 Å². The Morgan fingerprint density at radius 3 is 2.67 bits per heavy atom. The summed E-state index contributed by atoms with van der Waals surface area (Å²) in [6.45, 7) is 1.71. The number of nitrogens with zero attached hydrogens (tertiary/aromatic N) is 1. The fourth-order valence-electron chi connectivity index (χ4n) is 4.63. The van der Waals surface area contributed by atoms with Crippen LogP contribution in [-0.4, -0.2) is 28.7 Å². The number of hydrogen-bond donors (Lipinski definition) is 0. The molecule has 140 valence electrons. The van der Waals surface area contributed by atoms with Gasteiger partial charge in [-0.3, -0.25) is 4.79 Å². The van der Waals surface area contributed by atoms with Gasteiger partial charge >= 0.3 is 0 Å². The Balaban J connectivity index is 1.28. The molecule has 0 unspecified atom stereocenters. The minimum atomic E-state index is -0.738. The van der Waals surface area contributed by atoms with Gasteiger partial charge in [0.05, 0.1) is 6.04 Å². The second kappa shape index (κ2) is 6.06. The van der Waals surface area contributed by atoms with Crippen LogP contribution in [0.15, 0.2) is 48.5 Å². The summed E-state index contributed by atoms with van der Waals surface area (Å²) in [7, 11) is 0. The predicted octanol–water partition coefficient (Wildman–Crippen LogP) is 4.13. The van der Waals surface area contributed by atoms with Gasteiger partial charge in [0.2, 0.25) is 0 Å². The highest BCUT2D eigenvalue weighted by atomic mass is 19.1. The Morgan fingerprint density at radius 2 is 1.93 bits per heavy atom. The molecule has 1 amide bonds. The minimum Gasteiger partial charge on any atom is -0.490 e. The lowest BCUT2D eigenvalue weighted by Gasteiger charge is -2.42. The number of benzene rings is 2. The van der Waals surface area contributed by atoms with Crippen LogP contribution in [0, 0.1) is 12.7 Å². The van der Waals surface area contributed by atoms with E-state index in [0.717, 1.165) is 12.8 Å². The van der Waals surface area contributed by atoms with Crippen molar-refractivity contribution in [1.29, 1.82) is 0 Å². The van der Waals surface area contributed by atoms with Crippen LogP contribution in [0.4, 0.5) is 4.39 Å². The lowest BCUT2D eigenvalue weighted by atomic mass is 9.76. The third-order valence-electron chi connectivity index (χ3n) is 6.05. The molecule has 2 aliphatic heterocycles. The zero-order valence-electron chi connectivity index (χ0n) is 15.2. The highest BCUT2D eigenvalue weighted by Crippen LogP contribution is 2.51. The van der Waals surface area contributed by atoms with Crippen molar-refractivity contribution in [3.05, 3.63) is 65.5 Å². The van der Waals surface area contributed by atoms with Crippen LogP contribution in [0.5, 0.6) is 5.75 Å². The molecule has 2 aromatic carbocycles. The summed E-state index contributed by atoms with van der Waals surface area (Å²) in [4.78, 5) is 15.1. The van der Waals surface area contributed by atoms with Crippen LogP contribution in [0.2, 0.25) is 0 Å². The molecule has 5 heteroatoms. The predicted molar refractivity (Wildman–Crippen MR) is 97.7 cm³/mol. The van der Waals surface area contributed by atoms with Crippen molar-refractivity contribution in [3.63, 3.8) is 0 Å². The molecule has 2 aromatic rings. The third kappa shape index (κ3) is 2.64. The molecule has 1 saturated carbocycles. The molecule has 27 heavy (non-hydrogen) atoms. The molecule has 4 nitrogen and oxygen atoms in total. The van der Waals surface area contributed by atoms with Crippen LogP contribution in [0.3, 0.4) is 0 Å². The van der Waals surface area contributed by atoms with E-state index in [1.54, 1.807) is 19.1 Å². The van der Waals surface area contributed by atoms with E-state index in [0.29, 0.717) is 24.2 Å². The molecule has 2 atom stereocenters. The van der Waals surface area contributed by atoms with Gasteiger partial charge in [0.25, 0.3) is 5.91 Å². The first-order chi connectivity index (χ1) is 13.1. The minimum absolute atomic E-state index is 0.0750. The number of aryl methyl sites for hydroxylation is 1. The third-order valence-corrected chi connectivity index (χ3v) is 6.05. The zero-order chi connectivity index (χ0) is 18.6. The first kappa shape index (κ1) is 16.8. The Labute approximate surface area is 157 Å². The van der Waals surface area contributed by atoms with E-state index in [1.165, 1.54) is 11.6 Å². The van der Waals surface area contributed by atoms with Gasteiger partial charge < -0.3 is 14.4 Å². The van der Waals surface area contributed by atoms with Crippen molar-refractivity contribution in [3.8, 4) is 5.75 Å². The van der Waals surface area contributed by atoms with Crippen molar-refractivity contribution in [2.45, 2.75) is 56.6 Å². The van der Waals surface area contributed by atoms with Gasteiger partial charge in [-0.2, -0.15) is 0 Å². The second-order valence-corrected chi connectivity index (χ2v) is 7.84. The lowest BCUT2D eigenvalue weighted by molar-refractivity contribution is -0.162. The standard InChI is InChI=1S/C22H22FNO3/c1-14-11-16(7-8-18(14)23)26-17-12-22(13-17)21(25)24-19(9-10-20(24)27-22)15-5-3-2-4-6-15/h2-8,11,17,19-20H,9-10,12-13H2,1H3/t17?,19-,20+,22?/m0/s1. The molecule has 0 radical (unpaired) electrons. The molecule has 5 rings (SSSR count). The van der Waals surface area contributed by atoms with Crippen LogP contribution in [-0.2, 0) is 9.53 Å². The van der Waals surface area contributed by atoms with Gasteiger partial charge in [0, 0.05) is 12.8 Å². The molecular formula is C22H22FNO3. The summed E-state index contributed by atoms with van der Waals surface area (Å²) in [6, 6.07) is 15.0. The highest BCUT2D eigenvalue weighted by Gasteiger charge is 2.63. The summed E-state index contributed by atoms with van der Waals surface area (Å²) in [5, 5.41) is 0. The lowest BCUT2D eigenvalue weighted by Crippen LogP contribution is -2.55. The number of ether oxygens (including phenoxy) is 2. The SMILES string of the molecule is Cc1cc(OC2CC3(C2)O[C@@H]2CC[C@@H](c4ccccc4)N2C3=O)ccc1F. The maximum absolute atomic E-state index is 13.4. The van der Waals surface area contributed by atoms with E-state index in [9.17, 15) is 9.18 Å². The first-order valence-corrected chi connectivity index (χ1v) is 9.54. The molecule has 3 aliphatic rings. The topological polar surface area (TPSA) is 38.8 Å². The molecule has 1 aliphatic carbocycles. The van der Waals surface area contributed by atoms with Crippen molar-refractivity contribution >= 4 is 5.91 Å². The molecule has 2 heterocycles. The van der Waals surface area contributed by atoms with Crippen molar-refractivity contribution in [2.75, 3.05) is 0 Å². The largest absolute Gasteiger partial charge is 0.490 e. The van der Waals surface area contributed by atoms with Gasteiger partial charge in [-0.25, -0.2) is 4.39 Å². The highest BCUT2D eigenvalue weighted by molar-refractivity contribution is 5.89. The summed E-state index contributed by atoms with van der Waals surface area (Å²) < 4.78 is 25.6. The fraction of sp³-hybridized carbons (Fsp3) is 0.409. The maximum atomic E-state index is 13.4. The zero-order valence-corrected chi connectivity index (χ0v) is 15.2. The molecule has 2 saturated heterocycles. The average Bonchev–Trinajstić information content (AvgIpc) is 3.17. The van der Waals surface area contributed by atoms with E-state index in [1.807, 2.05) is 23.1 Å². The number of rotatable bonds is 3. The first-order valence-electron chi connectivity index (χ1n) is 9.54. The summed E-state index contributed by atoms with van der Waals surface area (Å²) >= 11 is 0. The molecular weight excluding hydrogens is 345 g/mol. The number of carbonyl (C=O) groups excluding carboxylic acids is 1. The van der Waals surface area contributed by atoms with Crippen LogP contribution in [0.25, 0.3) is 0 Å². The smallest absolute Gasteiger partial charge is 0.257 e. The molecule has 3 fully saturated rings. The van der Waals surface area contributed by atoms with Crippen LogP contribution < -0.4 is 4.74 Å². The normalized spacial score (nSPS) is 31.9. The van der Waals surface area contributed by atoms with Crippen molar-refractivity contribution in [2.24, 2.45) is 0 Å². The number of amides is 1. The Morgan fingerprint density at radius 1 is 1.15 bits per heavy atom. The summed E-state index contributed by atoms with van der Waals surface area (Å²) in [5.74, 6) is 0.491. The second-order valence-electron chi connectivity index (χ2n) is 7.84. The number of carbonyl (C=O) groups is 1. The molecule has 0 N–H and O–H groups in total. The van der Waals surface area contributed by atoms with Gasteiger partial charge in [0.1, 0.15) is 23.9 Å². The number of hydrogen-bond acceptors (Lipinski definition) is 3. The Bertz CT molecular complexity index is 878. The van der Waals surface area contributed by atoms with E-state index >= 15 is 0 Å². The van der Waals surface area contributed by atoms with Gasteiger partial charge in [-0.15, -0.1) is 0 Å². The Hall–Kier alpha value is -2.40. The quantitative estimate of drug-likeness (QED) is 0.819. The maximum Gasteiger partial charge on any atom is 0.257 e. The summed E-state index contributed by atoms with van der Waals surface area (Å²) in [5.41, 5.74) is 0.988. The van der Waals surface area contributed by atoms with E-state index in [-0.39, 0.29) is 30.1 Å². The van der Waals surface area contributed by atoms with Crippen LogP contribution >= 0.6 is 0 Å². The van der Waals surface area contributed by atoms with E-state index < -0.39 is 5.60 Å². The number of fused-ring (bicyclic) bond motifs is 1. The van der Waals surface area contributed by atoms with Gasteiger partial charge in [0.15, 0.2) is 5.60 Å². The monoisotopic (exact) mass is 367 g/mol. The van der Waals surface area contributed by atoms with E-state index in [2.05, 4.69) is 12.1 Å². The fourth-order valence-corrected chi connectivity index (χ4v) is 4.63. The van der Waals surface area contributed by atoms with Gasteiger partial charge in [-0.05, 0) is 49.1 Å². The Kier molecular flexibility index (Phi) is 3.76.